The third-order valence-electron chi connectivity index (χ3n) is 9.60. The van der Waals surface area contributed by atoms with Gasteiger partial charge in [0.15, 0.2) is 0 Å². The summed E-state index contributed by atoms with van der Waals surface area (Å²) in [5.74, 6) is 0. The molecule has 6 aromatic carbocycles. The number of para-hydroxylation sites is 1. The number of pyridine rings is 2. The van der Waals surface area contributed by atoms with Crippen LogP contribution >= 0.6 is 11.3 Å². The largest absolute Gasteiger partial charge is 0.456 e. The van der Waals surface area contributed by atoms with Crippen LogP contribution in [0.5, 0.6) is 0 Å². The minimum Gasteiger partial charge on any atom is -0.456 e. The maximum atomic E-state index is 6.16. The Bertz CT molecular complexity index is 2840. The van der Waals surface area contributed by atoms with Crippen molar-refractivity contribution in [2.75, 3.05) is 4.90 Å². The lowest BCUT2D eigenvalue weighted by Crippen LogP contribution is -2.10. The average molecular weight is 672 g/mol. The number of benzene rings is 6. The van der Waals surface area contributed by atoms with Gasteiger partial charge in [-0.15, -0.1) is 11.3 Å². The zero-order valence-corrected chi connectivity index (χ0v) is 28.2. The van der Waals surface area contributed by atoms with Gasteiger partial charge in [0.2, 0.25) is 0 Å². The van der Waals surface area contributed by atoms with Gasteiger partial charge in [-0.25, -0.2) is 0 Å². The Morgan fingerprint density at radius 1 is 0.431 bits per heavy atom. The Morgan fingerprint density at radius 2 is 1.12 bits per heavy atom. The molecule has 0 amide bonds. The van der Waals surface area contributed by atoms with Crippen molar-refractivity contribution in [1.82, 2.24) is 9.97 Å². The van der Waals surface area contributed by atoms with Gasteiger partial charge in [-0.3, -0.25) is 9.97 Å². The summed E-state index contributed by atoms with van der Waals surface area (Å²) < 4.78 is 8.74. The fraction of sp³-hybridized carbons (Fsp3) is 0. The van der Waals surface area contributed by atoms with Gasteiger partial charge in [0.25, 0.3) is 0 Å². The minimum atomic E-state index is 0.868. The van der Waals surface area contributed by atoms with Crippen LogP contribution < -0.4 is 4.90 Å². The Morgan fingerprint density at radius 3 is 1.94 bits per heavy atom. The first-order chi connectivity index (χ1) is 25.3. The highest BCUT2D eigenvalue weighted by Crippen LogP contribution is 2.41. The molecule has 0 spiro atoms. The van der Waals surface area contributed by atoms with E-state index in [1.807, 2.05) is 54.1 Å². The van der Waals surface area contributed by atoms with Gasteiger partial charge in [0, 0.05) is 65.2 Å². The van der Waals surface area contributed by atoms with E-state index in [0.29, 0.717) is 0 Å². The molecule has 10 rings (SSSR count). The molecular weight excluding hydrogens is 643 g/mol. The predicted octanol–water partition coefficient (Wildman–Crippen LogP) is 13.2. The van der Waals surface area contributed by atoms with Crippen LogP contribution in [-0.2, 0) is 0 Å². The van der Waals surface area contributed by atoms with E-state index < -0.39 is 0 Å². The van der Waals surface area contributed by atoms with Crippen LogP contribution in [0.1, 0.15) is 0 Å². The fourth-order valence-corrected chi connectivity index (χ4v) is 8.30. The smallest absolute Gasteiger partial charge is 0.135 e. The van der Waals surface area contributed by atoms with Gasteiger partial charge in [-0.05, 0) is 66.2 Å². The molecular formula is C46H29N3OS. The van der Waals surface area contributed by atoms with Crippen molar-refractivity contribution in [3.8, 4) is 33.6 Å². The predicted molar refractivity (Wildman–Crippen MR) is 213 cm³/mol. The number of fused-ring (bicyclic) bond motifs is 6. The second kappa shape index (κ2) is 12.1. The first-order valence-electron chi connectivity index (χ1n) is 17.0. The molecule has 0 fully saturated rings. The molecule has 4 nitrogen and oxygen atoms in total. The molecule has 0 aliphatic rings. The molecule has 0 aliphatic heterocycles. The van der Waals surface area contributed by atoms with Crippen LogP contribution in [0.2, 0.25) is 0 Å². The molecule has 0 unspecified atom stereocenters. The number of aromatic nitrogens is 2. The Labute approximate surface area is 298 Å². The number of hydrogen-bond acceptors (Lipinski definition) is 5. The summed E-state index contributed by atoms with van der Waals surface area (Å²) in [6.45, 7) is 0. The minimum absolute atomic E-state index is 0.868. The lowest BCUT2D eigenvalue weighted by molar-refractivity contribution is 0.669. The van der Waals surface area contributed by atoms with E-state index in [9.17, 15) is 0 Å². The third-order valence-corrected chi connectivity index (χ3v) is 10.8. The number of furan rings is 1. The van der Waals surface area contributed by atoms with Crippen LogP contribution in [0.4, 0.5) is 17.1 Å². The second-order valence-corrected chi connectivity index (χ2v) is 13.7. The zero-order valence-electron chi connectivity index (χ0n) is 27.4. The van der Waals surface area contributed by atoms with Crippen molar-refractivity contribution in [3.63, 3.8) is 0 Å². The quantitative estimate of drug-likeness (QED) is 0.176. The van der Waals surface area contributed by atoms with E-state index >= 15 is 0 Å². The van der Waals surface area contributed by atoms with E-state index in [1.165, 1.54) is 25.7 Å². The van der Waals surface area contributed by atoms with E-state index in [0.717, 1.165) is 67.1 Å². The summed E-state index contributed by atoms with van der Waals surface area (Å²) in [7, 11) is 0. The highest BCUT2D eigenvalue weighted by molar-refractivity contribution is 7.26. The Balaban J connectivity index is 1.01. The van der Waals surface area contributed by atoms with Crippen LogP contribution in [0.25, 0.3) is 75.8 Å². The van der Waals surface area contributed by atoms with Crippen molar-refractivity contribution < 1.29 is 4.42 Å². The summed E-state index contributed by atoms with van der Waals surface area (Å²) in [6, 6.07) is 57.2. The summed E-state index contributed by atoms with van der Waals surface area (Å²) in [5.41, 5.74) is 11.1. The number of hydrogen-bond donors (Lipinski definition) is 0. The van der Waals surface area contributed by atoms with Crippen molar-refractivity contribution in [3.05, 3.63) is 176 Å². The zero-order chi connectivity index (χ0) is 33.7. The maximum Gasteiger partial charge on any atom is 0.135 e. The lowest BCUT2D eigenvalue weighted by atomic mass is 10.0. The molecule has 0 radical (unpaired) electrons. The molecule has 51 heavy (non-hydrogen) atoms. The van der Waals surface area contributed by atoms with E-state index in [2.05, 4.69) is 138 Å². The highest BCUT2D eigenvalue weighted by atomic mass is 32.1. The van der Waals surface area contributed by atoms with E-state index in [-0.39, 0.29) is 0 Å². The monoisotopic (exact) mass is 671 g/mol. The summed E-state index contributed by atoms with van der Waals surface area (Å²) in [6.07, 6.45) is 3.94. The fourth-order valence-electron chi connectivity index (χ4n) is 7.07. The maximum absolute atomic E-state index is 6.16. The molecule has 0 saturated heterocycles. The summed E-state index contributed by atoms with van der Waals surface area (Å²) in [5, 5.41) is 4.76. The third kappa shape index (κ3) is 5.14. The number of rotatable bonds is 6. The van der Waals surface area contributed by atoms with Crippen LogP contribution in [-0.4, -0.2) is 9.97 Å². The van der Waals surface area contributed by atoms with Crippen molar-refractivity contribution >= 4 is 70.5 Å². The molecule has 0 aliphatic carbocycles. The van der Waals surface area contributed by atoms with Crippen molar-refractivity contribution in [2.45, 2.75) is 0 Å². The van der Waals surface area contributed by atoms with Gasteiger partial charge in [0.05, 0.1) is 23.3 Å². The molecule has 0 saturated carbocycles. The molecule has 4 heterocycles. The van der Waals surface area contributed by atoms with Gasteiger partial charge in [0.1, 0.15) is 11.2 Å². The van der Waals surface area contributed by atoms with Gasteiger partial charge < -0.3 is 9.32 Å². The standard InChI is InChI=1S/C46H29N3OS/c1-2-9-31(10-3-1)41-25-22-35(29-48-41)49(34-23-26-44-40(27-34)36-11-4-6-15-43(36)50-44)33-20-17-30(18-21-33)32-19-24-42(47-28-32)39-14-8-13-38-37-12-5-7-16-45(37)51-46(38)39/h1-29H. The highest BCUT2D eigenvalue weighted by Gasteiger charge is 2.17. The molecule has 0 atom stereocenters. The molecule has 0 N–H and O–H groups in total. The van der Waals surface area contributed by atoms with E-state index in [1.54, 1.807) is 0 Å². The normalized spacial score (nSPS) is 11.5. The number of thiophene rings is 1. The molecule has 4 aromatic heterocycles. The Hall–Kier alpha value is -6.56. The number of nitrogens with zero attached hydrogens (tertiary/aromatic N) is 3. The Kier molecular flexibility index (Phi) is 6.96. The van der Waals surface area contributed by atoms with Crippen LogP contribution in [0, 0.1) is 0 Å². The van der Waals surface area contributed by atoms with Gasteiger partial charge in [-0.1, -0.05) is 103 Å². The molecule has 5 heteroatoms. The van der Waals surface area contributed by atoms with Crippen molar-refractivity contribution in [1.29, 1.82) is 0 Å². The molecule has 240 valence electrons. The summed E-state index contributed by atoms with van der Waals surface area (Å²) in [4.78, 5) is 12.1. The van der Waals surface area contributed by atoms with Gasteiger partial charge in [-0.2, -0.15) is 0 Å². The van der Waals surface area contributed by atoms with E-state index in [4.69, 9.17) is 14.4 Å². The topological polar surface area (TPSA) is 42.2 Å². The van der Waals surface area contributed by atoms with Crippen molar-refractivity contribution in [2.24, 2.45) is 0 Å². The van der Waals surface area contributed by atoms with Crippen LogP contribution in [0.3, 0.4) is 0 Å². The molecule has 0 bridgehead atoms. The second-order valence-electron chi connectivity index (χ2n) is 12.6. The number of anilines is 3. The van der Waals surface area contributed by atoms with Crippen LogP contribution in [0.15, 0.2) is 181 Å². The first kappa shape index (κ1) is 29.4. The summed E-state index contributed by atoms with van der Waals surface area (Å²) >= 11 is 1.83. The average Bonchev–Trinajstić information content (AvgIpc) is 3.77. The lowest BCUT2D eigenvalue weighted by Gasteiger charge is -2.25. The SMILES string of the molecule is c1ccc(-c2ccc(N(c3ccc(-c4ccc(-c5cccc6c5sc5ccccc56)nc4)cc3)c3ccc4oc5ccccc5c4c3)cn2)cc1. The van der Waals surface area contributed by atoms with Gasteiger partial charge >= 0.3 is 0 Å². The molecule has 10 aromatic rings. The first-order valence-corrected chi connectivity index (χ1v) is 17.8.